The molecule has 2 aromatic rings. The standard InChI is InChI=1S/C25H36N6O8/c1-13(32)21(24(37)29-18(25(38)39)8-4-5-9-26)31-23(36)19(30-22(35)16(27)11-20(33)34)10-14-12-28-17-7-3-2-6-15(14)17/h2-3,6-7,12-13,16,18-19,21,28,32H,4-5,8-11,26-27H2,1H3,(H,29,37)(H,30,35)(H,31,36)(H,33,34)(H,38,39). The normalized spacial score (nSPS) is 15.0. The number of aliphatic carboxylic acids is 2. The van der Waals surface area contributed by atoms with Crippen molar-refractivity contribution < 1.29 is 39.3 Å². The predicted molar refractivity (Wildman–Crippen MR) is 140 cm³/mol. The van der Waals surface area contributed by atoms with Crippen LogP contribution >= 0.6 is 0 Å². The smallest absolute Gasteiger partial charge is 0.326 e. The maximum absolute atomic E-state index is 13.3. The summed E-state index contributed by atoms with van der Waals surface area (Å²) in [5.74, 6) is -5.29. The molecule has 3 amide bonds. The number of carbonyl (C=O) groups is 5. The van der Waals surface area contributed by atoms with Crippen LogP contribution in [0, 0.1) is 0 Å². The number of para-hydroxylation sites is 1. The number of H-pyrrole nitrogens is 1. The number of nitrogens with one attached hydrogen (secondary N) is 4. The molecule has 11 N–H and O–H groups in total. The van der Waals surface area contributed by atoms with Gasteiger partial charge in [0, 0.05) is 23.5 Å². The minimum Gasteiger partial charge on any atom is -0.481 e. The first-order chi connectivity index (χ1) is 18.4. The third-order valence-corrected chi connectivity index (χ3v) is 6.09. The minimum absolute atomic E-state index is 0.0631. The lowest BCUT2D eigenvalue weighted by molar-refractivity contribution is -0.143. The van der Waals surface area contributed by atoms with E-state index in [2.05, 4.69) is 20.9 Å². The summed E-state index contributed by atoms with van der Waals surface area (Å²) in [7, 11) is 0. The van der Waals surface area contributed by atoms with Crippen molar-refractivity contribution in [3.05, 3.63) is 36.0 Å². The maximum atomic E-state index is 13.3. The molecular formula is C25H36N6O8. The Morgan fingerprint density at radius 2 is 1.62 bits per heavy atom. The average molecular weight is 549 g/mol. The quantitative estimate of drug-likeness (QED) is 0.110. The van der Waals surface area contributed by atoms with Crippen LogP contribution in [0.4, 0.5) is 0 Å². The first-order valence-corrected chi connectivity index (χ1v) is 12.5. The second kappa shape index (κ2) is 14.8. The molecule has 1 aromatic heterocycles. The number of carboxylic acids is 2. The number of aliphatic hydroxyl groups excluding tert-OH is 1. The molecule has 1 heterocycles. The minimum atomic E-state index is -1.55. The van der Waals surface area contributed by atoms with Gasteiger partial charge >= 0.3 is 11.9 Å². The van der Waals surface area contributed by atoms with Gasteiger partial charge in [0.15, 0.2) is 0 Å². The zero-order valence-electron chi connectivity index (χ0n) is 21.6. The summed E-state index contributed by atoms with van der Waals surface area (Å²) in [6.07, 6.45) is 0.570. The lowest BCUT2D eigenvalue weighted by atomic mass is 10.0. The zero-order chi connectivity index (χ0) is 29.1. The number of aromatic amines is 1. The van der Waals surface area contributed by atoms with Crippen LogP contribution in [0.15, 0.2) is 30.5 Å². The van der Waals surface area contributed by atoms with Gasteiger partial charge in [-0.1, -0.05) is 18.2 Å². The van der Waals surface area contributed by atoms with Gasteiger partial charge in [0.1, 0.15) is 18.1 Å². The highest BCUT2D eigenvalue weighted by Crippen LogP contribution is 2.19. The molecule has 0 bridgehead atoms. The molecule has 1 aromatic carbocycles. The third kappa shape index (κ3) is 9.35. The number of carboxylic acid groups (broad SMARTS) is 2. The van der Waals surface area contributed by atoms with Gasteiger partial charge in [-0.2, -0.15) is 0 Å². The molecular weight excluding hydrogens is 512 g/mol. The number of aromatic nitrogens is 1. The number of rotatable bonds is 16. The summed E-state index contributed by atoms with van der Waals surface area (Å²) in [4.78, 5) is 64.4. The van der Waals surface area contributed by atoms with Gasteiger partial charge in [-0.3, -0.25) is 19.2 Å². The van der Waals surface area contributed by atoms with E-state index in [4.69, 9.17) is 16.6 Å². The van der Waals surface area contributed by atoms with Gasteiger partial charge in [0.2, 0.25) is 17.7 Å². The fourth-order valence-corrected chi connectivity index (χ4v) is 3.96. The van der Waals surface area contributed by atoms with Gasteiger partial charge < -0.3 is 47.7 Å². The van der Waals surface area contributed by atoms with E-state index in [1.54, 1.807) is 18.3 Å². The fraction of sp³-hybridized carbons (Fsp3) is 0.480. The van der Waals surface area contributed by atoms with Crippen LogP contribution in [0.25, 0.3) is 10.9 Å². The van der Waals surface area contributed by atoms with Gasteiger partial charge in [0.05, 0.1) is 18.6 Å². The Morgan fingerprint density at radius 1 is 0.949 bits per heavy atom. The number of amides is 3. The van der Waals surface area contributed by atoms with Crippen LogP contribution < -0.4 is 27.4 Å². The van der Waals surface area contributed by atoms with Crippen LogP contribution in [-0.4, -0.2) is 86.8 Å². The number of nitrogens with two attached hydrogens (primary N) is 2. The van der Waals surface area contributed by atoms with Crippen molar-refractivity contribution >= 4 is 40.6 Å². The molecule has 0 aliphatic rings. The molecule has 39 heavy (non-hydrogen) atoms. The van der Waals surface area contributed by atoms with Crippen molar-refractivity contribution in [2.75, 3.05) is 6.54 Å². The molecule has 0 saturated heterocycles. The van der Waals surface area contributed by atoms with Crippen molar-refractivity contribution in [2.24, 2.45) is 11.5 Å². The summed E-state index contributed by atoms with van der Waals surface area (Å²) in [5, 5.41) is 36.5. The van der Waals surface area contributed by atoms with Gasteiger partial charge in [0.25, 0.3) is 0 Å². The lowest BCUT2D eigenvalue weighted by Gasteiger charge is -2.26. The number of carbonyl (C=O) groups excluding carboxylic acids is 3. The highest BCUT2D eigenvalue weighted by Gasteiger charge is 2.33. The SMILES string of the molecule is CC(O)C(NC(=O)C(Cc1c[nH]c2ccccc12)NC(=O)C(N)CC(=O)O)C(=O)NC(CCCCN)C(=O)O. The van der Waals surface area contributed by atoms with E-state index in [1.165, 1.54) is 6.92 Å². The van der Waals surface area contributed by atoms with Crippen molar-refractivity contribution in [1.29, 1.82) is 0 Å². The Kier molecular flexibility index (Phi) is 11.8. The van der Waals surface area contributed by atoms with Gasteiger partial charge in [-0.15, -0.1) is 0 Å². The molecule has 0 fully saturated rings. The van der Waals surface area contributed by atoms with Crippen LogP contribution in [0.2, 0.25) is 0 Å². The molecule has 0 radical (unpaired) electrons. The first-order valence-electron chi connectivity index (χ1n) is 12.5. The van der Waals surface area contributed by atoms with Gasteiger partial charge in [-0.25, -0.2) is 4.79 Å². The van der Waals surface area contributed by atoms with E-state index >= 15 is 0 Å². The topological polar surface area (TPSA) is 250 Å². The first kappa shape index (κ1) is 31.2. The summed E-state index contributed by atoms with van der Waals surface area (Å²) in [5.41, 5.74) is 12.5. The van der Waals surface area contributed by atoms with Crippen molar-refractivity contribution in [3.8, 4) is 0 Å². The maximum Gasteiger partial charge on any atom is 0.326 e. The average Bonchev–Trinajstić information content (AvgIpc) is 3.28. The van der Waals surface area contributed by atoms with Crippen LogP contribution in [0.1, 0.15) is 38.2 Å². The summed E-state index contributed by atoms with van der Waals surface area (Å²) in [6.45, 7) is 1.59. The second-order valence-electron chi connectivity index (χ2n) is 9.24. The predicted octanol–water partition coefficient (Wildman–Crippen LogP) is -1.44. The number of hydrogen-bond donors (Lipinski definition) is 9. The monoisotopic (exact) mass is 548 g/mol. The largest absolute Gasteiger partial charge is 0.481 e. The highest BCUT2D eigenvalue weighted by atomic mass is 16.4. The van der Waals surface area contributed by atoms with E-state index in [0.29, 0.717) is 24.9 Å². The molecule has 2 rings (SSSR count). The lowest BCUT2D eigenvalue weighted by Crippen LogP contribution is -2.60. The molecule has 5 atom stereocenters. The van der Waals surface area contributed by atoms with E-state index in [1.807, 2.05) is 12.1 Å². The molecule has 0 saturated carbocycles. The summed E-state index contributed by atoms with van der Waals surface area (Å²) < 4.78 is 0. The Labute approximate surface area is 224 Å². The zero-order valence-corrected chi connectivity index (χ0v) is 21.6. The van der Waals surface area contributed by atoms with Crippen LogP contribution in [0.5, 0.6) is 0 Å². The Bertz CT molecular complexity index is 1170. The number of hydrogen-bond acceptors (Lipinski definition) is 8. The summed E-state index contributed by atoms with van der Waals surface area (Å²) >= 11 is 0. The number of benzene rings is 1. The van der Waals surface area contributed by atoms with Gasteiger partial charge in [-0.05, 0) is 44.4 Å². The van der Waals surface area contributed by atoms with Crippen molar-refractivity contribution in [2.45, 2.75) is 69.3 Å². The molecule has 0 spiro atoms. The molecule has 5 unspecified atom stereocenters. The summed E-state index contributed by atoms with van der Waals surface area (Å²) in [6, 6.07) is 1.64. The third-order valence-electron chi connectivity index (χ3n) is 6.09. The number of aliphatic hydroxyl groups is 1. The Hall–Kier alpha value is -4.01. The van der Waals surface area contributed by atoms with Crippen LogP contribution in [0.3, 0.4) is 0 Å². The van der Waals surface area contributed by atoms with Crippen LogP contribution in [-0.2, 0) is 30.4 Å². The van der Waals surface area contributed by atoms with Crippen molar-refractivity contribution in [1.82, 2.24) is 20.9 Å². The van der Waals surface area contributed by atoms with E-state index in [-0.39, 0.29) is 12.8 Å². The van der Waals surface area contributed by atoms with E-state index in [9.17, 15) is 34.2 Å². The molecule has 14 nitrogen and oxygen atoms in total. The molecule has 0 aliphatic heterocycles. The van der Waals surface area contributed by atoms with E-state index in [0.717, 1.165) is 10.9 Å². The second-order valence-corrected chi connectivity index (χ2v) is 9.24. The molecule has 0 aliphatic carbocycles. The Balaban J connectivity index is 2.25. The number of fused-ring (bicyclic) bond motifs is 1. The fourth-order valence-electron chi connectivity index (χ4n) is 3.96. The molecule has 14 heteroatoms. The van der Waals surface area contributed by atoms with Crippen molar-refractivity contribution in [3.63, 3.8) is 0 Å². The highest BCUT2D eigenvalue weighted by molar-refractivity contribution is 5.95. The Morgan fingerprint density at radius 3 is 2.23 bits per heavy atom. The molecule has 214 valence electrons. The number of unbranched alkanes of at least 4 members (excludes halogenated alkanes) is 1. The van der Waals surface area contributed by atoms with E-state index < -0.39 is 66.4 Å².